The minimum atomic E-state index is -4.78. The van der Waals surface area contributed by atoms with Gasteiger partial charge in [0.15, 0.2) is 11.5 Å². The topological polar surface area (TPSA) is 187 Å². The van der Waals surface area contributed by atoms with Crippen LogP contribution in [0.2, 0.25) is 0 Å². The Labute approximate surface area is 274 Å². The van der Waals surface area contributed by atoms with Gasteiger partial charge in [-0.25, -0.2) is 4.79 Å². The largest absolute Gasteiger partial charge is 0.478 e. The number of carboxylic acids is 1. The first kappa shape index (κ1) is 31.5. The van der Waals surface area contributed by atoms with Crippen molar-refractivity contribution in [2.75, 3.05) is 16.2 Å². The maximum atomic E-state index is 13.5. The summed E-state index contributed by atoms with van der Waals surface area (Å²) in [4.78, 5) is 35.7. The third-order valence-electron chi connectivity index (χ3n) is 7.28. The second-order valence-corrected chi connectivity index (χ2v) is 11.9. The van der Waals surface area contributed by atoms with E-state index in [0.29, 0.717) is 22.6 Å². The van der Waals surface area contributed by atoms with Gasteiger partial charge in [0.05, 0.1) is 17.1 Å². The highest BCUT2D eigenvalue weighted by atomic mass is 32.2. The molecule has 48 heavy (non-hydrogen) atoms. The highest BCUT2D eigenvalue weighted by Gasteiger charge is 2.33. The normalized spacial score (nSPS) is 15.9. The summed E-state index contributed by atoms with van der Waals surface area (Å²) < 4.78 is 34.4. The molecule has 4 aromatic carbocycles. The molecule has 0 spiro atoms. The van der Waals surface area contributed by atoms with Crippen LogP contribution < -0.4 is 16.2 Å². The number of benzene rings is 4. The molecule has 0 unspecified atom stereocenters. The highest BCUT2D eigenvalue weighted by Crippen LogP contribution is 2.30. The van der Waals surface area contributed by atoms with E-state index >= 15 is 0 Å². The second kappa shape index (κ2) is 13.1. The molecule has 12 nitrogen and oxygen atoms in total. The van der Waals surface area contributed by atoms with Crippen LogP contribution in [0.5, 0.6) is 0 Å². The van der Waals surface area contributed by atoms with Crippen molar-refractivity contribution in [1.82, 2.24) is 0 Å². The number of hydrogen-bond donors (Lipinski definition) is 5. The molecule has 0 amide bonds. The van der Waals surface area contributed by atoms with E-state index in [2.05, 4.69) is 26.4 Å². The summed E-state index contributed by atoms with van der Waals surface area (Å²) >= 11 is 0. The van der Waals surface area contributed by atoms with Crippen molar-refractivity contribution in [3.63, 3.8) is 0 Å². The van der Waals surface area contributed by atoms with Crippen molar-refractivity contribution in [3.05, 3.63) is 137 Å². The van der Waals surface area contributed by atoms with Crippen LogP contribution in [0, 0.1) is 0 Å². The molecule has 0 aromatic heterocycles. The van der Waals surface area contributed by atoms with E-state index < -0.39 is 38.3 Å². The lowest BCUT2D eigenvalue weighted by Gasteiger charge is -2.17. The Morgan fingerprint density at radius 2 is 1.29 bits per heavy atom. The molecular weight excluding hydrogens is 634 g/mol. The van der Waals surface area contributed by atoms with Crippen molar-refractivity contribution in [1.29, 1.82) is 0 Å². The zero-order valence-electron chi connectivity index (χ0n) is 24.8. The van der Waals surface area contributed by atoms with E-state index in [0.717, 1.165) is 22.9 Å². The molecule has 6 rings (SSSR count). The van der Waals surface area contributed by atoms with Gasteiger partial charge in [0.25, 0.3) is 10.1 Å². The number of aliphatic carboxylic acids is 1. The van der Waals surface area contributed by atoms with Gasteiger partial charge in [0.2, 0.25) is 5.78 Å². The van der Waals surface area contributed by atoms with Crippen molar-refractivity contribution >= 4 is 67.9 Å². The molecule has 0 saturated carbocycles. The molecule has 2 aliphatic carbocycles. The van der Waals surface area contributed by atoms with Gasteiger partial charge in [-0.15, -0.1) is 0 Å². The number of allylic oxidation sites excluding steroid dienone is 4. The molecule has 0 radical (unpaired) electrons. The molecule has 4 aromatic rings. The quantitative estimate of drug-likeness (QED) is 0.0626. The van der Waals surface area contributed by atoms with Crippen LogP contribution in [-0.4, -0.2) is 47.0 Å². The first-order valence-electron chi connectivity index (χ1n) is 14.3. The van der Waals surface area contributed by atoms with Crippen LogP contribution in [0.25, 0.3) is 17.2 Å². The van der Waals surface area contributed by atoms with E-state index in [9.17, 15) is 27.4 Å². The van der Waals surface area contributed by atoms with Crippen molar-refractivity contribution in [2.45, 2.75) is 0 Å². The number of carboxylic acid groups (broad SMARTS) is 1. The third kappa shape index (κ3) is 7.02. The predicted molar refractivity (Wildman–Crippen MR) is 184 cm³/mol. The maximum absolute atomic E-state index is 13.5. The predicted octanol–water partition coefficient (Wildman–Crippen LogP) is 5.91. The lowest BCUT2D eigenvalue weighted by Crippen LogP contribution is -2.27. The maximum Gasteiger partial charge on any atom is 0.339 e. The molecule has 0 bridgehead atoms. The summed E-state index contributed by atoms with van der Waals surface area (Å²) in [5.41, 5.74) is 9.76. The third-order valence-corrected chi connectivity index (χ3v) is 8.15. The number of ketones is 2. The lowest BCUT2D eigenvalue weighted by atomic mass is 9.94. The smallest absolute Gasteiger partial charge is 0.339 e. The summed E-state index contributed by atoms with van der Waals surface area (Å²) in [5, 5.41) is 20.6. The zero-order valence-corrected chi connectivity index (χ0v) is 25.6. The molecule has 238 valence electrons. The molecule has 0 aliphatic heterocycles. The summed E-state index contributed by atoms with van der Waals surface area (Å²) in [6.07, 6.45) is 4.97. The zero-order chi connectivity index (χ0) is 33.8. The molecule has 0 fully saturated rings. The van der Waals surface area contributed by atoms with Gasteiger partial charge in [0.1, 0.15) is 10.5 Å². The Hall–Kier alpha value is -6.44. The van der Waals surface area contributed by atoms with Gasteiger partial charge in [-0.3, -0.25) is 25.0 Å². The summed E-state index contributed by atoms with van der Waals surface area (Å²) in [7, 11) is -4.78. The number of Topliss-reactive ketones (excluding diaryl/α,β-unsaturated/α-hetero) is 1. The Balaban J connectivity index is 1.16. The molecule has 0 heterocycles. The highest BCUT2D eigenvalue weighted by molar-refractivity contribution is 7.91. The fourth-order valence-corrected chi connectivity index (χ4v) is 5.53. The minimum absolute atomic E-state index is 0.218. The first-order valence-corrected chi connectivity index (χ1v) is 15.7. The number of nitrogens with zero attached hydrogens (tertiary/aromatic N) is 2. The Bertz CT molecular complexity index is 2220. The van der Waals surface area contributed by atoms with Crippen LogP contribution in [-0.2, 0) is 19.7 Å². The average Bonchev–Trinajstić information content (AvgIpc) is 3.08. The Kier molecular flexibility index (Phi) is 8.62. The van der Waals surface area contributed by atoms with Gasteiger partial charge in [-0.05, 0) is 89.5 Å². The van der Waals surface area contributed by atoms with Crippen LogP contribution in [0.4, 0.5) is 22.7 Å². The number of para-hydroxylation sites is 1. The fraction of sp³-hybridized carbons (Fsp3) is 0. The summed E-state index contributed by atoms with van der Waals surface area (Å²) in [6.45, 7) is 0. The average molecular weight is 660 g/mol. The SMILES string of the molecule is O=C(O)C1=C/C(=N\Nc2ccc(-c3ccc(N/N=C4/C(=O)c5cc(Nc6ccccc6)ccc5C=C4S(=O)(=O)O)cc3)cc2)C=CC1=O. The summed E-state index contributed by atoms with van der Waals surface area (Å²) in [5.74, 6) is -2.60. The number of rotatable bonds is 9. The van der Waals surface area contributed by atoms with Crippen LogP contribution in [0.1, 0.15) is 15.9 Å². The minimum Gasteiger partial charge on any atom is -0.478 e. The van der Waals surface area contributed by atoms with E-state index in [1.54, 1.807) is 54.6 Å². The van der Waals surface area contributed by atoms with E-state index in [4.69, 9.17) is 5.11 Å². The fourth-order valence-electron chi connectivity index (χ4n) is 4.87. The molecule has 0 saturated heterocycles. The first-order chi connectivity index (χ1) is 23.0. The molecule has 2 aliphatic rings. The van der Waals surface area contributed by atoms with Crippen molar-refractivity contribution in [2.24, 2.45) is 10.2 Å². The number of hydrazone groups is 2. The van der Waals surface area contributed by atoms with Crippen LogP contribution in [0.15, 0.2) is 136 Å². The molecular formula is C35H25N5O7S. The monoisotopic (exact) mass is 659 g/mol. The van der Waals surface area contributed by atoms with Crippen molar-refractivity contribution in [3.8, 4) is 11.1 Å². The standard InChI is InChI=1S/C35H25N5O7S/c41-31-17-16-28(20-30(31)35(43)44)39-37-25-11-6-21(7-12-25)22-8-13-26(14-9-22)38-40-33-32(48(45,46)47)18-23-10-15-27(19-29(23)34(33)42)36-24-4-2-1-3-5-24/h1-20,36-38H,(H,43,44)(H,45,46,47)/b39-28-,40-33+. The second-order valence-electron chi connectivity index (χ2n) is 10.5. The van der Waals surface area contributed by atoms with E-state index in [1.807, 2.05) is 42.5 Å². The van der Waals surface area contributed by atoms with Gasteiger partial charge >= 0.3 is 5.97 Å². The van der Waals surface area contributed by atoms with Crippen LogP contribution >= 0.6 is 0 Å². The van der Waals surface area contributed by atoms with Gasteiger partial charge in [-0.1, -0.05) is 48.5 Å². The number of fused-ring (bicyclic) bond motifs is 1. The van der Waals surface area contributed by atoms with Gasteiger partial charge < -0.3 is 10.4 Å². The number of nitrogens with one attached hydrogen (secondary N) is 3. The van der Waals surface area contributed by atoms with Gasteiger partial charge in [-0.2, -0.15) is 18.6 Å². The summed E-state index contributed by atoms with van der Waals surface area (Å²) in [6, 6.07) is 28.4. The van der Waals surface area contributed by atoms with Crippen molar-refractivity contribution < 1.29 is 32.5 Å². The Morgan fingerprint density at radius 3 is 1.90 bits per heavy atom. The molecule has 13 heteroatoms. The van der Waals surface area contributed by atoms with E-state index in [-0.39, 0.29) is 16.8 Å². The molecule has 0 atom stereocenters. The molecule has 5 N–H and O–H groups in total. The number of carbonyl (C=O) groups is 3. The van der Waals surface area contributed by atoms with Gasteiger partial charge in [0, 0.05) is 16.9 Å². The van der Waals surface area contributed by atoms with Crippen LogP contribution in [0.3, 0.4) is 0 Å². The number of anilines is 4. The Morgan fingerprint density at radius 1 is 0.688 bits per heavy atom. The lowest BCUT2D eigenvalue weighted by molar-refractivity contribution is -0.134. The number of carbonyl (C=O) groups excluding carboxylic acids is 2. The number of hydrogen-bond acceptors (Lipinski definition) is 10. The van der Waals surface area contributed by atoms with E-state index in [1.165, 1.54) is 18.2 Å².